The Morgan fingerprint density at radius 2 is 1.79 bits per heavy atom. The molecule has 2 nitrogen and oxygen atoms in total. The van der Waals surface area contributed by atoms with Gasteiger partial charge >= 0.3 is 0 Å². The summed E-state index contributed by atoms with van der Waals surface area (Å²) >= 11 is 12.1. The molecule has 0 spiro atoms. The molecule has 0 bridgehead atoms. The van der Waals surface area contributed by atoms with Crippen molar-refractivity contribution in [3.63, 3.8) is 0 Å². The second-order valence-electron chi connectivity index (χ2n) is 5.55. The molecule has 0 heterocycles. The van der Waals surface area contributed by atoms with E-state index in [1.165, 1.54) is 12.8 Å². The average Bonchev–Trinajstić information content (AvgIpc) is 2.64. The van der Waals surface area contributed by atoms with Crippen LogP contribution in [0.1, 0.15) is 50.2 Å². The van der Waals surface area contributed by atoms with Crippen LogP contribution >= 0.6 is 23.2 Å². The number of nitrogens with two attached hydrogens (primary N) is 1. The largest absolute Gasteiger partial charge is 0.388 e. The summed E-state index contributed by atoms with van der Waals surface area (Å²) in [4.78, 5) is 0. The molecule has 0 amide bonds. The molecule has 1 aliphatic carbocycles. The van der Waals surface area contributed by atoms with E-state index < -0.39 is 6.10 Å². The molecule has 0 aliphatic heterocycles. The Bertz CT molecular complexity index is 428. The zero-order valence-corrected chi connectivity index (χ0v) is 12.6. The van der Waals surface area contributed by atoms with Crippen molar-refractivity contribution in [2.45, 2.75) is 44.6 Å². The van der Waals surface area contributed by atoms with Crippen molar-refractivity contribution in [2.75, 3.05) is 6.54 Å². The van der Waals surface area contributed by atoms with Gasteiger partial charge in [0.25, 0.3) is 0 Å². The molecule has 106 valence electrons. The lowest BCUT2D eigenvalue weighted by Crippen LogP contribution is -2.36. The van der Waals surface area contributed by atoms with E-state index in [4.69, 9.17) is 28.9 Å². The van der Waals surface area contributed by atoms with Gasteiger partial charge in [-0.05, 0) is 30.5 Å². The van der Waals surface area contributed by atoms with Gasteiger partial charge in [-0.1, -0.05) is 55.0 Å². The highest BCUT2D eigenvalue weighted by Gasteiger charge is 2.38. The van der Waals surface area contributed by atoms with Crippen molar-refractivity contribution < 1.29 is 5.11 Å². The highest BCUT2D eigenvalue weighted by molar-refractivity contribution is 6.35. The molecule has 2 rings (SSSR count). The fourth-order valence-electron chi connectivity index (χ4n) is 3.07. The lowest BCUT2D eigenvalue weighted by molar-refractivity contribution is 0.0167. The van der Waals surface area contributed by atoms with Crippen LogP contribution in [0.15, 0.2) is 18.2 Å². The van der Waals surface area contributed by atoms with Gasteiger partial charge in [-0.3, -0.25) is 0 Å². The first-order valence-corrected chi connectivity index (χ1v) is 7.68. The third-order valence-electron chi connectivity index (χ3n) is 4.34. The molecule has 1 aliphatic rings. The molecule has 0 radical (unpaired) electrons. The highest BCUT2D eigenvalue weighted by atomic mass is 35.5. The number of aliphatic hydroxyl groups is 1. The smallest absolute Gasteiger partial charge is 0.0872 e. The van der Waals surface area contributed by atoms with E-state index in [9.17, 15) is 5.11 Å². The molecule has 4 heteroatoms. The third kappa shape index (κ3) is 3.25. The van der Waals surface area contributed by atoms with Crippen molar-refractivity contribution in [1.82, 2.24) is 0 Å². The summed E-state index contributed by atoms with van der Waals surface area (Å²) in [5, 5.41) is 11.9. The van der Waals surface area contributed by atoms with Gasteiger partial charge in [-0.15, -0.1) is 0 Å². The van der Waals surface area contributed by atoms with Gasteiger partial charge in [0.1, 0.15) is 0 Å². The average molecular weight is 302 g/mol. The summed E-state index contributed by atoms with van der Waals surface area (Å²) < 4.78 is 0. The quantitative estimate of drug-likeness (QED) is 0.817. The molecule has 0 saturated heterocycles. The molecule has 19 heavy (non-hydrogen) atoms. The van der Waals surface area contributed by atoms with Crippen LogP contribution in [0.25, 0.3) is 0 Å². The molecule has 1 fully saturated rings. The van der Waals surface area contributed by atoms with Gasteiger partial charge in [-0.2, -0.15) is 0 Å². The second-order valence-corrected chi connectivity index (χ2v) is 6.39. The molecule has 0 aromatic heterocycles. The molecular formula is C15H21Cl2NO. The van der Waals surface area contributed by atoms with Crippen molar-refractivity contribution in [3.05, 3.63) is 33.8 Å². The van der Waals surface area contributed by atoms with E-state index in [-0.39, 0.29) is 5.41 Å². The van der Waals surface area contributed by atoms with Gasteiger partial charge < -0.3 is 10.8 Å². The lowest BCUT2D eigenvalue weighted by Gasteiger charge is -2.37. The number of rotatable bonds is 3. The van der Waals surface area contributed by atoms with Gasteiger partial charge in [0, 0.05) is 22.0 Å². The third-order valence-corrected chi connectivity index (χ3v) is 4.91. The summed E-state index contributed by atoms with van der Waals surface area (Å²) in [6, 6.07) is 5.27. The Morgan fingerprint density at radius 1 is 1.16 bits per heavy atom. The van der Waals surface area contributed by atoms with Crippen molar-refractivity contribution in [3.8, 4) is 0 Å². The van der Waals surface area contributed by atoms with Crippen LogP contribution in [0.3, 0.4) is 0 Å². The van der Waals surface area contributed by atoms with Gasteiger partial charge in [0.15, 0.2) is 0 Å². The van der Waals surface area contributed by atoms with Crippen molar-refractivity contribution >= 4 is 23.2 Å². The first-order valence-electron chi connectivity index (χ1n) is 6.92. The summed E-state index contributed by atoms with van der Waals surface area (Å²) in [6.45, 7) is 0.493. The van der Waals surface area contributed by atoms with Crippen molar-refractivity contribution in [2.24, 2.45) is 11.1 Å². The van der Waals surface area contributed by atoms with E-state index in [1.807, 2.05) is 6.07 Å². The van der Waals surface area contributed by atoms with Gasteiger partial charge in [0.2, 0.25) is 0 Å². The summed E-state index contributed by atoms with van der Waals surface area (Å²) in [7, 11) is 0. The van der Waals surface area contributed by atoms with Crippen LogP contribution in [-0.4, -0.2) is 11.7 Å². The number of hydrogen-bond donors (Lipinski definition) is 2. The van der Waals surface area contributed by atoms with E-state index in [0.29, 0.717) is 16.6 Å². The minimum absolute atomic E-state index is 0.242. The second kappa shape index (κ2) is 6.45. The maximum atomic E-state index is 10.8. The molecular weight excluding hydrogens is 281 g/mol. The predicted molar refractivity (Wildman–Crippen MR) is 80.6 cm³/mol. The van der Waals surface area contributed by atoms with Crippen molar-refractivity contribution in [1.29, 1.82) is 0 Å². The molecule has 1 saturated carbocycles. The first kappa shape index (κ1) is 15.1. The summed E-state index contributed by atoms with van der Waals surface area (Å²) in [6.07, 6.45) is 6.01. The van der Waals surface area contributed by atoms with Crippen LogP contribution in [-0.2, 0) is 0 Å². The van der Waals surface area contributed by atoms with Crippen LogP contribution in [0.5, 0.6) is 0 Å². The Labute approximate surface area is 124 Å². The van der Waals surface area contributed by atoms with Crippen LogP contribution < -0.4 is 5.73 Å². The number of halogens is 2. The van der Waals surface area contributed by atoms with Crippen LogP contribution in [0, 0.1) is 5.41 Å². The number of benzene rings is 1. The van der Waals surface area contributed by atoms with E-state index >= 15 is 0 Å². The minimum atomic E-state index is -0.611. The fraction of sp³-hybridized carbons (Fsp3) is 0.600. The van der Waals surface area contributed by atoms with Crippen LogP contribution in [0.4, 0.5) is 0 Å². The molecule has 1 unspecified atom stereocenters. The zero-order chi connectivity index (χ0) is 13.9. The predicted octanol–water partition coefficient (Wildman–Crippen LogP) is 4.33. The number of aliphatic hydroxyl groups excluding tert-OH is 1. The van der Waals surface area contributed by atoms with Crippen LogP contribution in [0.2, 0.25) is 10.0 Å². The molecule has 3 N–H and O–H groups in total. The van der Waals surface area contributed by atoms with Gasteiger partial charge in [-0.25, -0.2) is 0 Å². The SMILES string of the molecule is NCC1(C(O)c2ccc(Cl)cc2Cl)CCCCCC1. The zero-order valence-electron chi connectivity index (χ0n) is 11.0. The summed E-state index contributed by atoms with van der Waals surface area (Å²) in [5.41, 5.74) is 6.50. The molecule has 1 aromatic rings. The molecule has 1 aromatic carbocycles. The minimum Gasteiger partial charge on any atom is -0.388 e. The Morgan fingerprint density at radius 3 is 2.32 bits per heavy atom. The lowest BCUT2D eigenvalue weighted by atomic mass is 9.73. The highest BCUT2D eigenvalue weighted by Crippen LogP contribution is 2.46. The monoisotopic (exact) mass is 301 g/mol. The Kier molecular flexibility index (Phi) is 5.13. The Hall–Kier alpha value is -0.280. The fourth-order valence-corrected chi connectivity index (χ4v) is 3.59. The maximum Gasteiger partial charge on any atom is 0.0872 e. The standard InChI is InChI=1S/C15H21Cl2NO/c16-11-5-6-12(13(17)9-11)14(19)15(10-18)7-3-1-2-4-8-15/h5-6,9,14,19H,1-4,7-8,10,18H2. The Balaban J connectivity index is 2.31. The summed E-state index contributed by atoms with van der Waals surface area (Å²) in [5.74, 6) is 0. The topological polar surface area (TPSA) is 46.2 Å². The van der Waals surface area contributed by atoms with E-state index in [2.05, 4.69) is 0 Å². The maximum absolute atomic E-state index is 10.8. The van der Waals surface area contributed by atoms with Gasteiger partial charge in [0.05, 0.1) is 6.10 Å². The van der Waals surface area contributed by atoms with E-state index in [0.717, 1.165) is 31.2 Å². The number of hydrogen-bond acceptors (Lipinski definition) is 2. The van der Waals surface area contributed by atoms with E-state index in [1.54, 1.807) is 12.1 Å². The molecule has 1 atom stereocenters. The first-order chi connectivity index (χ1) is 9.09. The normalized spacial score (nSPS) is 20.8.